The Morgan fingerprint density at radius 2 is 2.19 bits per heavy atom. The van der Waals surface area contributed by atoms with Gasteiger partial charge in [0.1, 0.15) is 12.2 Å². The van der Waals surface area contributed by atoms with Crippen LogP contribution in [-0.4, -0.2) is 58.6 Å². The van der Waals surface area contributed by atoms with Gasteiger partial charge in [-0.25, -0.2) is 9.67 Å². The van der Waals surface area contributed by atoms with Gasteiger partial charge in [0.25, 0.3) is 0 Å². The van der Waals surface area contributed by atoms with Crippen LogP contribution in [0.25, 0.3) is 0 Å². The number of carbonyl (C=O) groups excluding carboxylic acids is 1. The summed E-state index contributed by atoms with van der Waals surface area (Å²) in [6.07, 6.45) is 9.57. The highest BCUT2D eigenvalue weighted by Gasteiger charge is 2.27. The van der Waals surface area contributed by atoms with E-state index >= 15 is 0 Å². The fourth-order valence-electron chi connectivity index (χ4n) is 3.55. The molecule has 9 heteroatoms. The van der Waals surface area contributed by atoms with Crippen LogP contribution in [0.1, 0.15) is 36.7 Å². The summed E-state index contributed by atoms with van der Waals surface area (Å²) >= 11 is 0. The number of piperidine rings is 1. The van der Waals surface area contributed by atoms with Crippen molar-refractivity contribution in [2.75, 3.05) is 13.1 Å². The Balaban J connectivity index is 1.40. The summed E-state index contributed by atoms with van der Waals surface area (Å²) in [6, 6.07) is 5.92. The Morgan fingerprint density at radius 3 is 3.00 bits per heavy atom. The first-order valence-corrected chi connectivity index (χ1v) is 9.19. The van der Waals surface area contributed by atoms with Crippen molar-refractivity contribution in [3.63, 3.8) is 0 Å². The molecule has 0 aromatic carbocycles. The quantitative estimate of drug-likeness (QED) is 0.649. The Morgan fingerprint density at radius 1 is 1.22 bits per heavy atom. The lowest BCUT2D eigenvalue weighted by molar-refractivity contribution is -0.132. The molecule has 0 spiro atoms. The van der Waals surface area contributed by atoms with E-state index < -0.39 is 0 Å². The summed E-state index contributed by atoms with van der Waals surface area (Å²) in [5.74, 6) is 1.41. The van der Waals surface area contributed by atoms with Crippen molar-refractivity contribution in [2.45, 2.75) is 38.3 Å². The second-order valence-electron chi connectivity index (χ2n) is 6.74. The highest BCUT2D eigenvalue weighted by Crippen LogP contribution is 2.26. The molecule has 0 radical (unpaired) electrons. The van der Waals surface area contributed by atoms with Crippen molar-refractivity contribution >= 4 is 5.91 Å². The van der Waals surface area contributed by atoms with Crippen LogP contribution in [0, 0.1) is 0 Å². The summed E-state index contributed by atoms with van der Waals surface area (Å²) in [6.45, 7) is 2.70. The van der Waals surface area contributed by atoms with E-state index in [0.717, 1.165) is 30.9 Å². The molecular formula is C18H22N8O. The van der Waals surface area contributed by atoms with E-state index in [1.807, 2.05) is 35.5 Å². The molecule has 4 rings (SSSR count). The maximum atomic E-state index is 12.6. The summed E-state index contributed by atoms with van der Waals surface area (Å²) in [5.41, 5.74) is 1.00. The maximum absolute atomic E-state index is 12.6. The summed E-state index contributed by atoms with van der Waals surface area (Å²) < 4.78 is 3.72. The topological polar surface area (TPSA) is 94.6 Å². The van der Waals surface area contributed by atoms with Gasteiger partial charge in [-0.2, -0.15) is 0 Å². The first-order chi connectivity index (χ1) is 13.3. The van der Waals surface area contributed by atoms with Gasteiger partial charge in [-0.1, -0.05) is 6.07 Å². The van der Waals surface area contributed by atoms with Gasteiger partial charge in [-0.05, 0) is 35.4 Å². The van der Waals surface area contributed by atoms with Gasteiger partial charge >= 0.3 is 0 Å². The SMILES string of the molecule is O=C(CCn1cnnn1)N1CCC[C@H](c2nccn2Cc2ccccn2)C1. The Labute approximate surface area is 157 Å². The van der Waals surface area contributed by atoms with Gasteiger partial charge in [-0.15, -0.1) is 5.10 Å². The van der Waals surface area contributed by atoms with Crippen molar-refractivity contribution in [3.05, 3.63) is 54.6 Å². The molecule has 3 aromatic rings. The van der Waals surface area contributed by atoms with E-state index in [-0.39, 0.29) is 11.8 Å². The van der Waals surface area contributed by atoms with Gasteiger partial charge in [0, 0.05) is 44.0 Å². The number of rotatable bonds is 6. The number of aryl methyl sites for hydroxylation is 1. The number of tetrazole rings is 1. The molecule has 1 aliphatic heterocycles. The minimum absolute atomic E-state index is 0.137. The molecule has 4 heterocycles. The van der Waals surface area contributed by atoms with Crippen molar-refractivity contribution in [1.82, 2.24) is 39.6 Å². The van der Waals surface area contributed by atoms with Gasteiger partial charge in [0.05, 0.1) is 18.8 Å². The van der Waals surface area contributed by atoms with E-state index in [2.05, 4.69) is 30.1 Å². The third-order valence-electron chi connectivity index (χ3n) is 4.89. The monoisotopic (exact) mass is 366 g/mol. The smallest absolute Gasteiger partial charge is 0.224 e. The highest BCUT2D eigenvalue weighted by molar-refractivity contribution is 5.76. The fraction of sp³-hybridized carbons (Fsp3) is 0.444. The predicted octanol–water partition coefficient (Wildman–Crippen LogP) is 1.11. The van der Waals surface area contributed by atoms with Crippen LogP contribution < -0.4 is 0 Å². The number of nitrogens with zero attached hydrogens (tertiary/aromatic N) is 8. The zero-order chi connectivity index (χ0) is 18.5. The Hall–Kier alpha value is -3.10. The minimum Gasteiger partial charge on any atom is -0.342 e. The Bertz CT molecular complexity index is 861. The molecule has 1 fully saturated rings. The number of hydrogen-bond donors (Lipinski definition) is 0. The molecular weight excluding hydrogens is 344 g/mol. The molecule has 3 aromatic heterocycles. The standard InChI is InChI=1S/C18H22N8O/c27-17(6-10-26-14-21-22-23-26)24-9-3-4-15(12-24)18-20-8-11-25(18)13-16-5-1-2-7-19-16/h1-2,5,7-8,11,14-15H,3-4,6,9-10,12-13H2/t15-/m0/s1. The average molecular weight is 366 g/mol. The van der Waals surface area contributed by atoms with Gasteiger partial charge in [-0.3, -0.25) is 9.78 Å². The van der Waals surface area contributed by atoms with Crippen molar-refractivity contribution in [1.29, 1.82) is 0 Å². The highest BCUT2D eigenvalue weighted by atomic mass is 16.2. The third-order valence-corrected chi connectivity index (χ3v) is 4.89. The van der Waals surface area contributed by atoms with Crippen molar-refractivity contribution in [2.24, 2.45) is 0 Å². The number of aromatic nitrogens is 7. The van der Waals surface area contributed by atoms with Crippen LogP contribution in [-0.2, 0) is 17.9 Å². The molecule has 0 aliphatic carbocycles. The van der Waals surface area contributed by atoms with Crippen LogP contribution in [0.5, 0.6) is 0 Å². The Kier molecular flexibility index (Phi) is 5.17. The van der Waals surface area contributed by atoms with Gasteiger partial charge in [0.2, 0.25) is 5.91 Å². The second kappa shape index (κ2) is 8.07. The van der Waals surface area contributed by atoms with E-state index in [1.54, 1.807) is 10.9 Å². The normalized spacial score (nSPS) is 17.2. The second-order valence-corrected chi connectivity index (χ2v) is 6.74. The van der Waals surface area contributed by atoms with E-state index in [9.17, 15) is 4.79 Å². The number of likely N-dealkylation sites (tertiary alicyclic amines) is 1. The lowest BCUT2D eigenvalue weighted by Gasteiger charge is -2.32. The average Bonchev–Trinajstić information content (AvgIpc) is 3.39. The molecule has 0 unspecified atom stereocenters. The van der Waals surface area contributed by atoms with Gasteiger partial charge < -0.3 is 9.47 Å². The van der Waals surface area contributed by atoms with Crippen molar-refractivity contribution in [3.8, 4) is 0 Å². The predicted molar refractivity (Wildman–Crippen MR) is 96.6 cm³/mol. The molecule has 9 nitrogen and oxygen atoms in total. The largest absolute Gasteiger partial charge is 0.342 e. The number of pyridine rings is 1. The van der Waals surface area contributed by atoms with E-state index in [1.165, 1.54) is 6.33 Å². The summed E-state index contributed by atoms with van der Waals surface area (Å²) in [4.78, 5) is 23.5. The summed E-state index contributed by atoms with van der Waals surface area (Å²) in [5, 5.41) is 11.0. The zero-order valence-corrected chi connectivity index (χ0v) is 15.1. The lowest BCUT2D eigenvalue weighted by atomic mass is 9.96. The lowest BCUT2D eigenvalue weighted by Crippen LogP contribution is -2.40. The van der Waals surface area contributed by atoms with Crippen LogP contribution in [0.15, 0.2) is 43.1 Å². The van der Waals surface area contributed by atoms with Crippen LogP contribution in [0.2, 0.25) is 0 Å². The molecule has 140 valence electrons. The number of amides is 1. The molecule has 27 heavy (non-hydrogen) atoms. The van der Waals surface area contributed by atoms with E-state index in [0.29, 0.717) is 26.1 Å². The van der Waals surface area contributed by atoms with Crippen LogP contribution >= 0.6 is 0 Å². The molecule has 1 aliphatic rings. The third kappa shape index (κ3) is 4.18. The molecule has 1 amide bonds. The molecule has 1 saturated heterocycles. The first-order valence-electron chi connectivity index (χ1n) is 9.19. The molecule has 0 N–H and O–H groups in total. The fourth-order valence-corrected chi connectivity index (χ4v) is 3.55. The van der Waals surface area contributed by atoms with E-state index in [4.69, 9.17) is 0 Å². The molecule has 0 saturated carbocycles. The number of hydrogen-bond acceptors (Lipinski definition) is 6. The molecule has 1 atom stereocenters. The van der Waals surface area contributed by atoms with Crippen LogP contribution in [0.4, 0.5) is 0 Å². The molecule has 0 bridgehead atoms. The van der Waals surface area contributed by atoms with Crippen molar-refractivity contribution < 1.29 is 4.79 Å². The van der Waals surface area contributed by atoms with Crippen LogP contribution in [0.3, 0.4) is 0 Å². The van der Waals surface area contributed by atoms with Gasteiger partial charge in [0.15, 0.2) is 0 Å². The maximum Gasteiger partial charge on any atom is 0.224 e. The zero-order valence-electron chi connectivity index (χ0n) is 15.1. The number of imidazole rings is 1. The number of carbonyl (C=O) groups is 1. The summed E-state index contributed by atoms with van der Waals surface area (Å²) in [7, 11) is 0. The minimum atomic E-state index is 0.137. The first kappa shape index (κ1) is 17.3.